The van der Waals surface area contributed by atoms with Gasteiger partial charge in [-0.15, -0.1) is 0 Å². The summed E-state index contributed by atoms with van der Waals surface area (Å²) in [6.07, 6.45) is 0. The van der Waals surface area contributed by atoms with Crippen molar-refractivity contribution in [3.63, 3.8) is 0 Å². The molecule has 1 amide bonds. The molecule has 4 heteroatoms. The van der Waals surface area contributed by atoms with Crippen molar-refractivity contribution >= 4 is 17.5 Å². The van der Waals surface area contributed by atoms with Gasteiger partial charge in [0.1, 0.15) is 5.75 Å². The Hall–Kier alpha value is -2.78. The minimum atomic E-state index is -0.240. The summed E-state index contributed by atoms with van der Waals surface area (Å²) in [6.45, 7) is 0. The summed E-state index contributed by atoms with van der Waals surface area (Å²) in [6, 6.07) is 24.5. The molecule has 0 radical (unpaired) electrons. The predicted molar refractivity (Wildman–Crippen MR) is 100 cm³/mol. The van der Waals surface area contributed by atoms with Crippen LogP contribution in [0.5, 0.6) is 5.75 Å². The van der Waals surface area contributed by atoms with E-state index in [1.54, 1.807) is 25.3 Å². The van der Waals surface area contributed by atoms with Crippen LogP contribution in [0, 0.1) is 0 Å². The van der Waals surface area contributed by atoms with Gasteiger partial charge in [0.05, 0.1) is 18.2 Å². The zero-order valence-electron chi connectivity index (χ0n) is 13.8. The molecule has 126 valence electrons. The summed E-state index contributed by atoms with van der Waals surface area (Å²) in [5, 5.41) is 3.50. The number of carbonyl (C=O) groups is 1. The molecule has 0 heterocycles. The molecule has 3 aromatic carbocycles. The summed E-state index contributed by atoms with van der Waals surface area (Å²) in [5.74, 6) is 0.350. The fraction of sp³-hybridized carbons (Fsp3) is 0.0952. The molecule has 1 N–H and O–H groups in total. The van der Waals surface area contributed by atoms with Gasteiger partial charge in [0.15, 0.2) is 0 Å². The highest BCUT2D eigenvalue weighted by atomic mass is 35.5. The Morgan fingerprint density at radius 1 is 0.920 bits per heavy atom. The first-order valence-corrected chi connectivity index (χ1v) is 8.31. The maximum atomic E-state index is 12.7. The second-order valence-electron chi connectivity index (χ2n) is 5.58. The van der Waals surface area contributed by atoms with Gasteiger partial charge in [-0.1, -0.05) is 72.3 Å². The highest BCUT2D eigenvalue weighted by Crippen LogP contribution is 2.26. The number of halogens is 1. The lowest BCUT2D eigenvalue weighted by molar-refractivity contribution is 0.0943. The number of ether oxygens (including phenoxy) is 1. The molecule has 0 aromatic heterocycles. The molecule has 0 saturated carbocycles. The zero-order chi connectivity index (χ0) is 17.6. The van der Waals surface area contributed by atoms with Crippen molar-refractivity contribution in [1.29, 1.82) is 0 Å². The summed E-state index contributed by atoms with van der Waals surface area (Å²) in [5.41, 5.74) is 2.52. The minimum absolute atomic E-state index is 0.192. The first-order valence-electron chi connectivity index (χ1n) is 7.93. The van der Waals surface area contributed by atoms with Crippen LogP contribution in [0.1, 0.15) is 27.5 Å². The first kappa shape index (κ1) is 17.1. The Labute approximate surface area is 152 Å². The van der Waals surface area contributed by atoms with Crippen molar-refractivity contribution < 1.29 is 9.53 Å². The first-order chi connectivity index (χ1) is 12.2. The van der Waals surface area contributed by atoms with Crippen LogP contribution in [0.25, 0.3) is 0 Å². The normalized spacial score (nSPS) is 10.5. The van der Waals surface area contributed by atoms with Crippen molar-refractivity contribution in [2.75, 3.05) is 7.11 Å². The number of carbonyl (C=O) groups excluding carboxylic acids is 1. The Morgan fingerprint density at radius 2 is 1.48 bits per heavy atom. The van der Waals surface area contributed by atoms with Gasteiger partial charge in [0, 0.05) is 5.56 Å². The van der Waals surface area contributed by atoms with Crippen LogP contribution >= 0.6 is 11.6 Å². The Balaban J connectivity index is 1.90. The third kappa shape index (κ3) is 4.01. The van der Waals surface area contributed by atoms with E-state index in [0.29, 0.717) is 16.3 Å². The van der Waals surface area contributed by atoms with Gasteiger partial charge in [0.25, 0.3) is 5.91 Å². The van der Waals surface area contributed by atoms with Crippen LogP contribution < -0.4 is 10.1 Å². The molecule has 0 bridgehead atoms. The van der Waals surface area contributed by atoms with E-state index >= 15 is 0 Å². The quantitative estimate of drug-likeness (QED) is 0.712. The second kappa shape index (κ2) is 7.86. The molecule has 0 atom stereocenters. The molecule has 0 aliphatic heterocycles. The Morgan fingerprint density at radius 3 is 1.96 bits per heavy atom. The van der Waals surface area contributed by atoms with E-state index in [0.717, 1.165) is 11.1 Å². The second-order valence-corrected chi connectivity index (χ2v) is 5.98. The van der Waals surface area contributed by atoms with Crippen LogP contribution in [0.3, 0.4) is 0 Å². The lowest BCUT2D eigenvalue weighted by Crippen LogP contribution is -2.29. The summed E-state index contributed by atoms with van der Waals surface area (Å²) in [4.78, 5) is 12.7. The Bertz CT molecular complexity index is 811. The molecule has 3 nitrogen and oxygen atoms in total. The number of benzene rings is 3. The van der Waals surface area contributed by atoms with Crippen LogP contribution in [0.4, 0.5) is 0 Å². The van der Waals surface area contributed by atoms with Crippen molar-refractivity contribution in [3.8, 4) is 5.75 Å². The fourth-order valence-electron chi connectivity index (χ4n) is 2.67. The van der Waals surface area contributed by atoms with Gasteiger partial charge < -0.3 is 10.1 Å². The van der Waals surface area contributed by atoms with Crippen LogP contribution in [0.15, 0.2) is 78.9 Å². The summed E-state index contributed by atoms with van der Waals surface area (Å²) < 4.78 is 5.14. The van der Waals surface area contributed by atoms with Crippen molar-refractivity contribution in [1.82, 2.24) is 5.32 Å². The molecule has 0 saturated heterocycles. The van der Waals surface area contributed by atoms with E-state index in [-0.39, 0.29) is 11.9 Å². The van der Waals surface area contributed by atoms with Crippen molar-refractivity contribution in [2.24, 2.45) is 0 Å². The number of methoxy groups -OCH3 is 1. The van der Waals surface area contributed by atoms with Gasteiger partial charge in [-0.05, 0) is 29.3 Å². The molecule has 3 rings (SSSR count). The third-order valence-electron chi connectivity index (χ3n) is 3.96. The van der Waals surface area contributed by atoms with Gasteiger partial charge in [0.2, 0.25) is 0 Å². The highest BCUT2D eigenvalue weighted by molar-refractivity contribution is 6.32. The van der Waals surface area contributed by atoms with Crippen LogP contribution in [-0.4, -0.2) is 13.0 Å². The van der Waals surface area contributed by atoms with Gasteiger partial charge in [-0.2, -0.15) is 0 Å². The zero-order valence-corrected chi connectivity index (χ0v) is 14.5. The minimum Gasteiger partial charge on any atom is -0.495 e. The standard InChI is InChI=1S/C21H18ClNO2/c1-25-19-13-12-17(14-18(19)22)21(24)23-20(15-8-4-2-5-9-15)16-10-6-3-7-11-16/h2-14,20H,1H3,(H,23,24). The molecule has 0 spiro atoms. The lowest BCUT2D eigenvalue weighted by atomic mass is 9.98. The Kier molecular flexibility index (Phi) is 5.36. The van der Waals surface area contributed by atoms with Crippen molar-refractivity contribution in [3.05, 3.63) is 101 Å². The van der Waals surface area contributed by atoms with Crippen molar-refractivity contribution in [2.45, 2.75) is 6.04 Å². The molecule has 0 aliphatic carbocycles. The maximum absolute atomic E-state index is 12.7. The fourth-order valence-corrected chi connectivity index (χ4v) is 2.93. The SMILES string of the molecule is COc1ccc(C(=O)NC(c2ccccc2)c2ccccc2)cc1Cl. The number of amides is 1. The van der Waals surface area contributed by atoms with E-state index in [4.69, 9.17) is 16.3 Å². The topological polar surface area (TPSA) is 38.3 Å². The van der Waals surface area contributed by atoms with E-state index in [2.05, 4.69) is 5.32 Å². The smallest absolute Gasteiger partial charge is 0.252 e. The highest BCUT2D eigenvalue weighted by Gasteiger charge is 2.18. The van der Waals surface area contributed by atoms with Crippen LogP contribution in [-0.2, 0) is 0 Å². The molecular formula is C21H18ClNO2. The third-order valence-corrected chi connectivity index (χ3v) is 4.25. The largest absolute Gasteiger partial charge is 0.495 e. The number of hydrogen-bond acceptors (Lipinski definition) is 2. The van der Waals surface area contributed by atoms with Gasteiger partial charge in [-0.25, -0.2) is 0 Å². The van der Waals surface area contributed by atoms with Gasteiger partial charge in [-0.3, -0.25) is 4.79 Å². The molecule has 0 fully saturated rings. The molecule has 3 aromatic rings. The van der Waals surface area contributed by atoms with E-state index in [1.165, 1.54) is 0 Å². The lowest BCUT2D eigenvalue weighted by Gasteiger charge is -2.20. The van der Waals surface area contributed by atoms with E-state index in [9.17, 15) is 4.79 Å². The average Bonchev–Trinajstić information content (AvgIpc) is 2.67. The number of rotatable bonds is 5. The van der Waals surface area contributed by atoms with Gasteiger partial charge >= 0.3 is 0 Å². The molecular weight excluding hydrogens is 334 g/mol. The maximum Gasteiger partial charge on any atom is 0.252 e. The number of nitrogens with one attached hydrogen (secondary N) is 1. The monoisotopic (exact) mass is 351 g/mol. The van der Waals surface area contributed by atoms with E-state index in [1.807, 2.05) is 60.7 Å². The number of hydrogen-bond donors (Lipinski definition) is 1. The van der Waals surface area contributed by atoms with Crippen LogP contribution in [0.2, 0.25) is 5.02 Å². The average molecular weight is 352 g/mol. The molecule has 0 unspecified atom stereocenters. The van der Waals surface area contributed by atoms with E-state index < -0.39 is 0 Å². The molecule has 0 aliphatic rings. The summed E-state index contributed by atoms with van der Waals surface area (Å²) in [7, 11) is 1.54. The summed E-state index contributed by atoms with van der Waals surface area (Å²) >= 11 is 6.14. The predicted octanol–water partition coefficient (Wildman–Crippen LogP) is 4.87. The molecule has 25 heavy (non-hydrogen) atoms.